The number of hydrogen-bond donors (Lipinski definition) is 0. The number of benzene rings is 1. The van der Waals surface area contributed by atoms with Crippen molar-refractivity contribution >= 4 is 56.2 Å². The van der Waals surface area contributed by atoms with Crippen LogP contribution in [0.3, 0.4) is 0 Å². The highest BCUT2D eigenvalue weighted by Gasteiger charge is 2.52. The first-order valence-electron chi connectivity index (χ1n) is 10.0. The number of anilines is 1. The molecule has 2 fully saturated rings. The Hall–Kier alpha value is -1.93. The molecule has 1 saturated carbocycles. The van der Waals surface area contributed by atoms with Crippen molar-refractivity contribution in [3.8, 4) is 0 Å². The molecule has 4 rings (SSSR count). The lowest BCUT2D eigenvalue weighted by atomic mass is 9.81. The smallest absolute Gasteiger partial charge is 0.251 e. The summed E-state index contributed by atoms with van der Waals surface area (Å²) in [6, 6.07) is 6.98. The van der Waals surface area contributed by atoms with Gasteiger partial charge in [0.1, 0.15) is 6.04 Å². The Bertz CT molecular complexity index is 887. The van der Waals surface area contributed by atoms with E-state index in [0.717, 1.165) is 35.9 Å². The third-order valence-electron chi connectivity index (χ3n) is 5.97. The maximum atomic E-state index is 13.4. The van der Waals surface area contributed by atoms with Crippen LogP contribution in [-0.2, 0) is 14.4 Å². The summed E-state index contributed by atoms with van der Waals surface area (Å²) < 4.78 is 1.00. The summed E-state index contributed by atoms with van der Waals surface area (Å²) in [6.45, 7) is 0. The molecule has 0 radical (unpaired) electrons. The molecule has 3 atom stereocenters. The van der Waals surface area contributed by atoms with Crippen molar-refractivity contribution in [2.45, 2.75) is 38.1 Å². The van der Waals surface area contributed by atoms with E-state index in [0.29, 0.717) is 17.3 Å². The third kappa shape index (κ3) is 3.68. The second kappa shape index (κ2) is 8.44. The van der Waals surface area contributed by atoms with Crippen LogP contribution in [0, 0.1) is 11.8 Å². The number of nitrogens with zero attached hydrogens (tertiary/aromatic N) is 3. The fourth-order valence-electron chi connectivity index (χ4n) is 4.41. The molecule has 6 nitrogen and oxygen atoms in total. The van der Waals surface area contributed by atoms with Gasteiger partial charge in [-0.05, 0) is 43.4 Å². The molecule has 1 saturated heterocycles. The number of likely N-dealkylation sites (tertiary alicyclic amines) is 1. The molecule has 0 spiro atoms. The lowest BCUT2D eigenvalue weighted by Crippen LogP contribution is -2.51. The van der Waals surface area contributed by atoms with Gasteiger partial charge in [-0.1, -0.05) is 36.3 Å². The number of fused-ring (bicyclic) bond motifs is 2. The van der Waals surface area contributed by atoms with Crippen LogP contribution in [0.25, 0.3) is 10.2 Å². The predicted octanol–water partition coefficient (Wildman–Crippen LogP) is 3.56. The second-order valence-electron chi connectivity index (χ2n) is 7.70. The Kier molecular flexibility index (Phi) is 5.92. The zero-order valence-electron chi connectivity index (χ0n) is 16.7. The number of carbonyl (C=O) groups is 3. The highest BCUT2D eigenvalue weighted by atomic mass is 32.2. The Morgan fingerprint density at radius 2 is 1.90 bits per heavy atom. The first-order chi connectivity index (χ1) is 14.0. The van der Waals surface area contributed by atoms with Gasteiger partial charge in [0, 0.05) is 7.05 Å². The van der Waals surface area contributed by atoms with Gasteiger partial charge in [-0.3, -0.25) is 24.2 Å². The first-order valence-corrected chi connectivity index (χ1v) is 12.2. The molecule has 8 heteroatoms. The fourth-order valence-corrected chi connectivity index (χ4v) is 5.80. The van der Waals surface area contributed by atoms with E-state index in [1.54, 1.807) is 18.8 Å². The number of likely N-dealkylation sites (N-methyl/N-ethyl adjacent to an activating group) is 1. The molecule has 3 amide bonds. The van der Waals surface area contributed by atoms with Gasteiger partial charge in [-0.15, -0.1) is 0 Å². The van der Waals surface area contributed by atoms with E-state index in [1.165, 1.54) is 21.1 Å². The Labute approximate surface area is 178 Å². The average molecular weight is 432 g/mol. The molecule has 2 aliphatic rings. The number of thioether (sulfide) groups is 1. The molecule has 2 heterocycles. The van der Waals surface area contributed by atoms with Crippen LogP contribution in [0.15, 0.2) is 24.3 Å². The van der Waals surface area contributed by atoms with Crippen LogP contribution >= 0.6 is 23.1 Å². The number of rotatable bonds is 6. The predicted molar refractivity (Wildman–Crippen MR) is 117 cm³/mol. The normalized spacial score (nSPS) is 22.8. The van der Waals surface area contributed by atoms with Crippen LogP contribution < -0.4 is 4.90 Å². The van der Waals surface area contributed by atoms with Gasteiger partial charge in [-0.2, -0.15) is 11.8 Å². The van der Waals surface area contributed by atoms with Gasteiger partial charge in [0.25, 0.3) is 5.91 Å². The number of imide groups is 1. The van der Waals surface area contributed by atoms with Crippen LogP contribution in [-0.4, -0.2) is 52.7 Å². The summed E-state index contributed by atoms with van der Waals surface area (Å²) in [5, 5.41) is 0.585. The van der Waals surface area contributed by atoms with E-state index in [1.807, 2.05) is 30.5 Å². The summed E-state index contributed by atoms with van der Waals surface area (Å²) in [7, 11) is 1.68. The zero-order valence-corrected chi connectivity index (χ0v) is 18.3. The summed E-state index contributed by atoms with van der Waals surface area (Å²) in [4.78, 5) is 47.0. The van der Waals surface area contributed by atoms with Gasteiger partial charge in [-0.25, -0.2) is 4.98 Å². The van der Waals surface area contributed by atoms with Crippen LogP contribution in [0.1, 0.15) is 32.1 Å². The molecule has 2 aromatic rings. The number of para-hydroxylation sites is 1. The van der Waals surface area contributed by atoms with Gasteiger partial charge in [0.05, 0.1) is 22.1 Å². The highest BCUT2D eigenvalue weighted by Crippen LogP contribution is 2.40. The molecule has 29 heavy (non-hydrogen) atoms. The van der Waals surface area contributed by atoms with Crippen LogP contribution in [0.4, 0.5) is 5.13 Å². The average Bonchev–Trinajstić information content (AvgIpc) is 3.28. The summed E-state index contributed by atoms with van der Waals surface area (Å²) >= 11 is 3.05. The van der Waals surface area contributed by atoms with E-state index in [2.05, 4.69) is 4.98 Å². The topological polar surface area (TPSA) is 70.6 Å². The number of hydrogen-bond acceptors (Lipinski definition) is 6. The standard InChI is InChI=1S/C21H25N3O3S2/c1-23(21-22-15-9-5-6-10-17(15)29-21)20(27)16(11-12-28-2)24-18(25)13-7-3-4-8-14(13)19(24)26/h5-6,9-10,13-14,16H,3-4,7-8,11-12H2,1-2H3. The SMILES string of the molecule is CSCCC(C(=O)N(C)c1nc2ccccc2s1)N1C(=O)C2CCCCC2C1=O. The van der Waals surface area contributed by atoms with E-state index in [4.69, 9.17) is 0 Å². The van der Waals surface area contributed by atoms with E-state index >= 15 is 0 Å². The van der Waals surface area contributed by atoms with E-state index < -0.39 is 6.04 Å². The second-order valence-corrected chi connectivity index (χ2v) is 9.70. The summed E-state index contributed by atoms with van der Waals surface area (Å²) in [6.07, 6.45) is 5.89. The van der Waals surface area contributed by atoms with Crippen molar-refractivity contribution in [1.82, 2.24) is 9.88 Å². The van der Waals surface area contributed by atoms with Crippen LogP contribution in [0.2, 0.25) is 0 Å². The molecule has 3 unspecified atom stereocenters. The molecule has 154 valence electrons. The quantitative estimate of drug-likeness (QED) is 0.654. The van der Waals surface area contributed by atoms with Crippen molar-refractivity contribution in [2.24, 2.45) is 11.8 Å². The minimum atomic E-state index is -0.759. The maximum Gasteiger partial charge on any atom is 0.251 e. The van der Waals surface area contributed by atoms with E-state index in [-0.39, 0.29) is 29.6 Å². The fraction of sp³-hybridized carbons (Fsp3) is 0.524. The minimum Gasteiger partial charge on any atom is -0.289 e. The van der Waals surface area contributed by atoms with Gasteiger partial charge >= 0.3 is 0 Å². The molecular weight excluding hydrogens is 406 g/mol. The number of thiazole rings is 1. The first kappa shape index (κ1) is 20.3. The Morgan fingerprint density at radius 1 is 1.24 bits per heavy atom. The zero-order chi connectivity index (χ0) is 20.5. The number of carbonyl (C=O) groups excluding carboxylic acids is 3. The van der Waals surface area contributed by atoms with Crippen molar-refractivity contribution < 1.29 is 14.4 Å². The van der Waals surface area contributed by atoms with Crippen molar-refractivity contribution in [3.05, 3.63) is 24.3 Å². The lowest BCUT2D eigenvalue weighted by molar-refractivity contribution is -0.147. The Morgan fingerprint density at radius 3 is 2.52 bits per heavy atom. The van der Waals surface area contributed by atoms with Gasteiger partial charge in [0.15, 0.2) is 5.13 Å². The molecular formula is C21H25N3O3S2. The van der Waals surface area contributed by atoms with Crippen molar-refractivity contribution in [1.29, 1.82) is 0 Å². The molecule has 1 aromatic heterocycles. The molecule has 1 aliphatic heterocycles. The monoisotopic (exact) mass is 431 g/mol. The molecule has 0 N–H and O–H groups in total. The molecule has 1 aliphatic carbocycles. The Balaban J connectivity index is 1.62. The molecule has 1 aromatic carbocycles. The minimum absolute atomic E-state index is 0.156. The maximum absolute atomic E-state index is 13.4. The van der Waals surface area contributed by atoms with Gasteiger partial charge in [0.2, 0.25) is 11.8 Å². The summed E-state index contributed by atoms with van der Waals surface area (Å²) in [5.74, 6) is -0.328. The van der Waals surface area contributed by atoms with Crippen molar-refractivity contribution in [2.75, 3.05) is 24.0 Å². The van der Waals surface area contributed by atoms with Crippen LogP contribution in [0.5, 0.6) is 0 Å². The summed E-state index contributed by atoms with van der Waals surface area (Å²) in [5.41, 5.74) is 0.840. The van der Waals surface area contributed by atoms with Crippen molar-refractivity contribution in [3.63, 3.8) is 0 Å². The third-order valence-corrected chi connectivity index (χ3v) is 7.72. The largest absolute Gasteiger partial charge is 0.289 e. The highest BCUT2D eigenvalue weighted by molar-refractivity contribution is 7.98. The lowest BCUT2D eigenvalue weighted by Gasteiger charge is -2.28. The van der Waals surface area contributed by atoms with Gasteiger partial charge < -0.3 is 0 Å². The number of amides is 3. The molecule has 0 bridgehead atoms. The van der Waals surface area contributed by atoms with E-state index in [9.17, 15) is 14.4 Å². The number of aromatic nitrogens is 1.